The third kappa shape index (κ3) is 3.40. The highest BCUT2D eigenvalue weighted by atomic mass is 32.2. The van der Waals surface area contributed by atoms with E-state index >= 15 is 0 Å². The average Bonchev–Trinajstić information content (AvgIpc) is 2.49. The van der Waals surface area contributed by atoms with Crippen molar-refractivity contribution in [1.29, 1.82) is 0 Å². The zero-order chi connectivity index (χ0) is 13.7. The normalized spacial score (nSPS) is 25.0. The lowest BCUT2D eigenvalue weighted by Gasteiger charge is -2.36. The second kappa shape index (κ2) is 7.43. The lowest BCUT2D eigenvalue weighted by Crippen LogP contribution is -2.41. The van der Waals surface area contributed by atoms with E-state index in [9.17, 15) is 0 Å². The minimum absolute atomic E-state index is 0.138. The molecule has 0 bridgehead atoms. The summed E-state index contributed by atoms with van der Waals surface area (Å²) in [4.78, 5) is 0. The fourth-order valence-corrected chi connectivity index (χ4v) is 5.76. The lowest BCUT2D eigenvalue weighted by molar-refractivity contribution is 0.396. The number of methoxy groups -OCH3 is 1. The Hall–Kier alpha value is -0.360. The van der Waals surface area contributed by atoms with Gasteiger partial charge < -0.3 is 4.74 Å². The highest BCUT2D eigenvalue weighted by Gasteiger charge is 2.33. The van der Waals surface area contributed by atoms with Gasteiger partial charge in [-0.25, -0.2) is 0 Å². The van der Waals surface area contributed by atoms with Gasteiger partial charge in [0, 0.05) is 27.6 Å². The lowest BCUT2D eigenvalue weighted by atomic mass is 10.00. The van der Waals surface area contributed by atoms with Crippen LogP contribution >= 0.6 is 23.5 Å². The van der Waals surface area contributed by atoms with Crippen LogP contribution in [0.25, 0.3) is 0 Å². The number of hydrogen-bond acceptors (Lipinski definition) is 5. The van der Waals surface area contributed by atoms with Crippen LogP contribution in [0.1, 0.15) is 24.9 Å². The minimum Gasteiger partial charge on any atom is -0.496 e. The molecule has 0 radical (unpaired) electrons. The van der Waals surface area contributed by atoms with Crippen LogP contribution in [0.2, 0.25) is 0 Å². The van der Waals surface area contributed by atoms with E-state index in [0.717, 1.165) is 11.3 Å². The van der Waals surface area contributed by atoms with Crippen LogP contribution < -0.4 is 16.0 Å². The number of hydrogen-bond donors (Lipinski definition) is 2. The van der Waals surface area contributed by atoms with Crippen LogP contribution in [0, 0.1) is 0 Å². The quantitative estimate of drug-likeness (QED) is 0.646. The summed E-state index contributed by atoms with van der Waals surface area (Å²) in [6.07, 6.45) is 1.18. The molecule has 0 aromatic heterocycles. The van der Waals surface area contributed by atoms with Crippen LogP contribution in [0.15, 0.2) is 24.3 Å². The maximum Gasteiger partial charge on any atom is 0.123 e. The second-order valence-electron chi connectivity index (χ2n) is 4.54. The second-order valence-corrected chi connectivity index (χ2v) is 7.17. The topological polar surface area (TPSA) is 47.3 Å². The molecule has 0 spiro atoms. The van der Waals surface area contributed by atoms with Crippen LogP contribution in [0.5, 0.6) is 5.75 Å². The SMILES string of the molecule is CCC1SCCSC1C(NN)c1ccccc1OC. The molecule has 1 saturated heterocycles. The highest BCUT2D eigenvalue weighted by Crippen LogP contribution is 2.41. The molecule has 1 aliphatic heterocycles. The van der Waals surface area contributed by atoms with Crippen molar-refractivity contribution in [3.05, 3.63) is 29.8 Å². The van der Waals surface area contributed by atoms with Crippen molar-refractivity contribution >= 4 is 23.5 Å². The number of nitrogens with one attached hydrogen (secondary N) is 1. The molecule has 3 N–H and O–H groups in total. The maximum absolute atomic E-state index is 5.85. The molecular weight excluding hydrogens is 276 g/mol. The molecule has 106 valence electrons. The van der Waals surface area contributed by atoms with Gasteiger partial charge in [0.2, 0.25) is 0 Å². The standard InChI is InChI=1S/C14H22N2OS2/c1-3-12-14(19-9-8-18-12)13(16-15)10-6-4-5-7-11(10)17-2/h4-7,12-14,16H,3,8-9,15H2,1-2H3. The molecule has 3 atom stereocenters. The molecule has 3 unspecified atom stereocenters. The van der Waals surface area contributed by atoms with Crippen LogP contribution in [0.4, 0.5) is 0 Å². The first kappa shape index (κ1) is 15.0. The van der Waals surface area contributed by atoms with E-state index in [4.69, 9.17) is 10.6 Å². The summed E-state index contributed by atoms with van der Waals surface area (Å²) in [6.45, 7) is 2.26. The molecule has 2 rings (SSSR count). The summed E-state index contributed by atoms with van der Waals surface area (Å²) in [5, 5.41) is 1.13. The Balaban J connectivity index is 2.27. The smallest absolute Gasteiger partial charge is 0.123 e. The van der Waals surface area contributed by atoms with Gasteiger partial charge in [-0.05, 0) is 12.5 Å². The zero-order valence-electron chi connectivity index (χ0n) is 11.5. The summed E-state index contributed by atoms with van der Waals surface area (Å²) in [5.41, 5.74) is 4.17. The summed E-state index contributed by atoms with van der Waals surface area (Å²) >= 11 is 4.09. The van der Waals surface area contributed by atoms with E-state index in [1.807, 2.05) is 30.0 Å². The van der Waals surface area contributed by atoms with Crippen molar-refractivity contribution in [2.24, 2.45) is 5.84 Å². The Kier molecular flexibility index (Phi) is 5.88. The Morgan fingerprint density at radius 1 is 1.37 bits per heavy atom. The molecule has 1 heterocycles. The van der Waals surface area contributed by atoms with Gasteiger partial charge >= 0.3 is 0 Å². The van der Waals surface area contributed by atoms with Gasteiger partial charge in [0.15, 0.2) is 0 Å². The fraction of sp³-hybridized carbons (Fsp3) is 0.571. The first-order chi connectivity index (χ1) is 9.31. The molecule has 1 fully saturated rings. The van der Waals surface area contributed by atoms with Crippen molar-refractivity contribution < 1.29 is 4.74 Å². The molecule has 19 heavy (non-hydrogen) atoms. The first-order valence-electron chi connectivity index (χ1n) is 6.64. The number of hydrazine groups is 1. The largest absolute Gasteiger partial charge is 0.496 e. The zero-order valence-corrected chi connectivity index (χ0v) is 13.1. The van der Waals surface area contributed by atoms with E-state index in [1.54, 1.807) is 7.11 Å². The summed E-state index contributed by atoms with van der Waals surface area (Å²) < 4.78 is 5.48. The Labute approximate surface area is 124 Å². The first-order valence-corrected chi connectivity index (χ1v) is 8.73. The predicted octanol–water partition coefficient (Wildman–Crippen LogP) is 2.83. The van der Waals surface area contributed by atoms with E-state index in [0.29, 0.717) is 10.5 Å². The monoisotopic (exact) mass is 298 g/mol. The maximum atomic E-state index is 5.85. The van der Waals surface area contributed by atoms with Crippen LogP contribution in [0.3, 0.4) is 0 Å². The van der Waals surface area contributed by atoms with Gasteiger partial charge in [0.1, 0.15) is 5.75 Å². The van der Waals surface area contributed by atoms with Crippen molar-refractivity contribution in [1.82, 2.24) is 5.43 Å². The summed E-state index contributed by atoms with van der Waals surface area (Å²) in [7, 11) is 1.71. The Morgan fingerprint density at radius 2 is 2.11 bits per heavy atom. The van der Waals surface area contributed by atoms with Gasteiger partial charge in [-0.3, -0.25) is 11.3 Å². The van der Waals surface area contributed by atoms with Gasteiger partial charge in [-0.2, -0.15) is 23.5 Å². The number of rotatable bonds is 5. The number of ether oxygens (including phenoxy) is 1. The van der Waals surface area contributed by atoms with E-state index in [2.05, 4.69) is 30.2 Å². The van der Waals surface area contributed by atoms with Crippen molar-refractivity contribution in [2.45, 2.75) is 29.9 Å². The van der Waals surface area contributed by atoms with Crippen molar-refractivity contribution in [2.75, 3.05) is 18.6 Å². The van der Waals surface area contributed by atoms with Gasteiger partial charge in [0.25, 0.3) is 0 Å². The molecule has 0 amide bonds. The number of para-hydroxylation sites is 1. The molecule has 5 heteroatoms. The molecular formula is C14H22N2OS2. The predicted molar refractivity (Wildman–Crippen MR) is 85.8 cm³/mol. The number of thioether (sulfide) groups is 2. The van der Waals surface area contributed by atoms with Gasteiger partial charge in [-0.15, -0.1) is 0 Å². The Bertz CT molecular complexity index is 403. The third-order valence-corrected chi connectivity index (χ3v) is 6.83. The summed E-state index contributed by atoms with van der Waals surface area (Å²) in [5.74, 6) is 9.19. The molecule has 1 aromatic rings. The van der Waals surface area contributed by atoms with Crippen LogP contribution in [-0.4, -0.2) is 29.1 Å². The fourth-order valence-electron chi connectivity index (χ4n) is 2.53. The number of benzene rings is 1. The van der Waals surface area contributed by atoms with Crippen molar-refractivity contribution in [3.8, 4) is 5.75 Å². The van der Waals surface area contributed by atoms with E-state index < -0.39 is 0 Å². The molecule has 1 aromatic carbocycles. The summed E-state index contributed by atoms with van der Waals surface area (Å²) in [6, 6.07) is 8.29. The molecule has 1 aliphatic rings. The molecule has 0 aliphatic carbocycles. The van der Waals surface area contributed by atoms with E-state index in [1.165, 1.54) is 17.9 Å². The minimum atomic E-state index is 0.138. The molecule has 0 saturated carbocycles. The van der Waals surface area contributed by atoms with E-state index in [-0.39, 0.29) is 6.04 Å². The van der Waals surface area contributed by atoms with Gasteiger partial charge in [-0.1, -0.05) is 25.1 Å². The van der Waals surface area contributed by atoms with Crippen molar-refractivity contribution in [3.63, 3.8) is 0 Å². The average molecular weight is 298 g/mol. The number of nitrogens with two attached hydrogens (primary N) is 1. The third-order valence-electron chi connectivity index (χ3n) is 3.48. The van der Waals surface area contributed by atoms with Crippen LogP contribution in [-0.2, 0) is 0 Å². The Morgan fingerprint density at radius 3 is 2.79 bits per heavy atom. The van der Waals surface area contributed by atoms with Gasteiger partial charge in [0.05, 0.1) is 13.2 Å². The molecule has 3 nitrogen and oxygen atoms in total. The highest BCUT2D eigenvalue weighted by molar-refractivity contribution is 8.07.